The molecule has 110 valence electrons. The van der Waals surface area contributed by atoms with Gasteiger partial charge in [0.15, 0.2) is 0 Å². The first-order valence-electron chi connectivity index (χ1n) is 8.29. The highest BCUT2D eigenvalue weighted by atomic mass is 16.2. The fourth-order valence-electron chi connectivity index (χ4n) is 3.64. The van der Waals surface area contributed by atoms with Crippen LogP contribution in [0.25, 0.3) is 0 Å². The zero-order valence-electron chi connectivity index (χ0n) is 12.7. The molecule has 1 amide bonds. The molecular weight excluding hydrogens is 236 g/mol. The van der Waals surface area contributed by atoms with E-state index in [1.54, 1.807) is 0 Å². The Bertz CT molecular complexity index is 282. The average Bonchev–Trinajstić information content (AvgIpc) is 2.93. The summed E-state index contributed by atoms with van der Waals surface area (Å²) in [5, 5.41) is 3.78. The lowest BCUT2D eigenvalue weighted by atomic mass is 9.98. The molecule has 1 saturated carbocycles. The maximum absolute atomic E-state index is 12.4. The Morgan fingerprint density at radius 2 is 1.74 bits per heavy atom. The van der Waals surface area contributed by atoms with E-state index in [2.05, 4.69) is 24.1 Å². The van der Waals surface area contributed by atoms with Gasteiger partial charge in [-0.05, 0) is 38.5 Å². The molecule has 1 unspecified atom stereocenters. The molecule has 1 heterocycles. The summed E-state index contributed by atoms with van der Waals surface area (Å²) >= 11 is 0. The lowest BCUT2D eigenvalue weighted by molar-refractivity contribution is -0.137. The minimum atomic E-state index is 0.241. The van der Waals surface area contributed by atoms with Crippen LogP contribution < -0.4 is 5.32 Å². The predicted octanol–water partition coefficient (Wildman–Crippen LogP) is 2.95. The van der Waals surface area contributed by atoms with Crippen LogP contribution in [0.15, 0.2) is 0 Å². The minimum Gasteiger partial charge on any atom is -0.341 e. The quantitative estimate of drug-likeness (QED) is 0.830. The highest BCUT2D eigenvalue weighted by molar-refractivity contribution is 5.78. The second-order valence-electron chi connectivity index (χ2n) is 6.28. The van der Waals surface area contributed by atoms with Crippen LogP contribution in [0.2, 0.25) is 0 Å². The van der Waals surface area contributed by atoms with Gasteiger partial charge in [0, 0.05) is 31.1 Å². The fourth-order valence-corrected chi connectivity index (χ4v) is 3.64. The number of amides is 1. The molecule has 0 spiro atoms. The first-order chi connectivity index (χ1) is 9.24. The molecule has 0 bridgehead atoms. The number of likely N-dealkylation sites (tertiary alicyclic amines) is 1. The molecule has 2 fully saturated rings. The number of hydrogen-bond donors (Lipinski definition) is 1. The second kappa shape index (κ2) is 7.28. The van der Waals surface area contributed by atoms with Gasteiger partial charge in [-0.15, -0.1) is 0 Å². The van der Waals surface area contributed by atoms with Gasteiger partial charge in [-0.3, -0.25) is 4.79 Å². The molecule has 1 N–H and O–H groups in total. The van der Waals surface area contributed by atoms with E-state index >= 15 is 0 Å². The Morgan fingerprint density at radius 3 is 2.37 bits per heavy atom. The third-order valence-electron chi connectivity index (χ3n) is 4.89. The molecule has 3 heteroatoms. The van der Waals surface area contributed by atoms with E-state index in [1.165, 1.54) is 32.1 Å². The summed E-state index contributed by atoms with van der Waals surface area (Å²) in [6, 6.07) is 1.25. The molecule has 19 heavy (non-hydrogen) atoms. The van der Waals surface area contributed by atoms with Crippen molar-refractivity contribution in [1.29, 1.82) is 0 Å². The van der Waals surface area contributed by atoms with Crippen LogP contribution >= 0.6 is 0 Å². The summed E-state index contributed by atoms with van der Waals surface area (Å²) in [6.45, 7) is 6.17. The average molecular weight is 266 g/mol. The molecular formula is C16H30N2O. The van der Waals surface area contributed by atoms with E-state index in [0.29, 0.717) is 18.0 Å². The first kappa shape index (κ1) is 14.8. The third-order valence-corrected chi connectivity index (χ3v) is 4.89. The largest absolute Gasteiger partial charge is 0.341 e. The summed E-state index contributed by atoms with van der Waals surface area (Å²) in [4.78, 5) is 14.6. The van der Waals surface area contributed by atoms with Crippen molar-refractivity contribution in [2.24, 2.45) is 5.92 Å². The van der Waals surface area contributed by atoms with Crippen molar-refractivity contribution in [3.8, 4) is 0 Å². The van der Waals surface area contributed by atoms with Gasteiger partial charge in [0.2, 0.25) is 5.91 Å². The van der Waals surface area contributed by atoms with Gasteiger partial charge in [-0.25, -0.2) is 0 Å². The van der Waals surface area contributed by atoms with Gasteiger partial charge in [0.05, 0.1) is 0 Å². The van der Waals surface area contributed by atoms with Gasteiger partial charge in [0.1, 0.15) is 0 Å². The zero-order valence-corrected chi connectivity index (χ0v) is 12.7. The molecule has 2 rings (SSSR count). The molecule has 0 aromatic rings. The standard InChI is InChI=1S/C16H30N2O/c1-3-13(4-2)16(19)18-11-7-10-15(12-18)17-14-8-5-6-9-14/h13-15,17H,3-12H2,1-2H3. The van der Waals surface area contributed by atoms with Crippen molar-refractivity contribution in [1.82, 2.24) is 10.2 Å². The third kappa shape index (κ3) is 3.95. The van der Waals surface area contributed by atoms with Crippen molar-refractivity contribution >= 4 is 5.91 Å². The monoisotopic (exact) mass is 266 g/mol. The van der Waals surface area contributed by atoms with Crippen LogP contribution in [0.1, 0.15) is 65.2 Å². The summed E-state index contributed by atoms with van der Waals surface area (Å²) in [5.41, 5.74) is 0. The Labute approximate surface area is 118 Å². The van der Waals surface area contributed by atoms with Crippen LogP contribution in [-0.2, 0) is 4.79 Å². The van der Waals surface area contributed by atoms with E-state index in [9.17, 15) is 4.79 Å². The summed E-state index contributed by atoms with van der Waals surface area (Å²) in [5.74, 6) is 0.633. The van der Waals surface area contributed by atoms with Crippen molar-refractivity contribution < 1.29 is 4.79 Å². The topological polar surface area (TPSA) is 32.3 Å². The van der Waals surface area contributed by atoms with Crippen LogP contribution in [0, 0.1) is 5.92 Å². The van der Waals surface area contributed by atoms with Gasteiger partial charge >= 0.3 is 0 Å². The highest BCUT2D eigenvalue weighted by Crippen LogP contribution is 2.21. The van der Waals surface area contributed by atoms with Crippen LogP contribution in [-0.4, -0.2) is 36.0 Å². The summed E-state index contributed by atoms with van der Waals surface area (Å²) in [7, 11) is 0. The zero-order chi connectivity index (χ0) is 13.7. The maximum atomic E-state index is 12.4. The smallest absolute Gasteiger partial charge is 0.225 e. The van der Waals surface area contributed by atoms with E-state index in [1.807, 2.05) is 0 Å². The number of nitrogens with zero attached hydrogens (tertiary/aromatic N) is 1. The Kier molecular flexibility index (Phi) is 5.68. The predicted molar refractivity (Wildman–Crippen MR) is 79.1 cm³/mol. The molecule has 1 aliphatic heterocycles. The lowest BCUT2D eigenvalue weighted by Gasteiger charge is -2.36. The molecule has 0 aromatic carbocycles. The Morgan fingerprint density at radius 1 is 1.11 bits per heavy atom. The number of nitrogens with one attached hydrogen (secondary N) is 1. The van der Waals surface area contributed by atoms with Gasteiger partial charge < -0.3 is 10.2 Å². The molecule has 0 radical (unpaired) electrons. The molecule has 2 aliphatic rings. The molecule has 1 atom stereocenters. The van der Waals surface area contributed by atoms with Crippen molar-refractivity contribution in [2.45, 2.75) is 77.3 Å². The molecule has 0 aromatic heterocycles. The first-order valence-corrected chi connectivity index (χ1v) is 8.29. The summed E-state index contributed by atoms with van der Waals surface area (Å²) in [6.07, 6.45) is 9.77. The normalized spacial score (nSPS) is 25.2. The fraction of sp³-hybridized carbons (Fsp3) is 0.938. The number of rotatable bonds is 5. The number of carbonyl (C=O) groups is 1. The van der Waals surface area contributed by atoms with Crippen molar-refractivity contribution in [2.75, 3.05) is 13.1 Å². The highest BCUT2D eigenvalue weighted by Gasteiger charge is 2.28. The van der Waals surface area contributed by atoms with Crippen LogP contribution in [0.5, 0.6) is 0 Å². The van der Waals surface area contributed by atoms with E-state index in [-0.39, 0.29) is 5.92 Å². The SMILES string of the molecule is CCC(CC)C(=O)N1CCCC(NC2CCCC2)C1. The second-order valence-corrected chi connectivity index (χ2v) is 6.28. The number of piperidine rings is 1. The van der Waals surface area contributed by atoms with Gasteiger partial charge in [0.25, 0.3) is 0 Å². The Balaban J connectivity index is 1.83. The van der Waals surface area contributed by atoms with Crippen molar-refractivity contribution in [3.63, 3.8) is 0 Å². The Hall–Kier alpha value is -0.570. The number of carbonyl (C=O) groups excluding carboxylic acids is 1. The molecule has 1 aliphatic carbocycles. The van der Waals surface area contributed by atoms with Crippen LogP contribution in [0.3, 0.4) is 0 Å². The number of hydrogen-bond acceptors (Lipinski definition) is 2. The van der Waals surface area contributed by atoms with Gasteiger partial charge in [-0.1, -0.05) is 26.7 Å². The van der Waals surface area contributed by atoms with Gasteiger partial charge in [-0.2, -0.15) is 0 Å². The molecule has 3 nitrogen and oxygen atoms in total. The lowest BCUT2D eigenvalue weighted by Crippen LogP contribution is -2.51. The summed E-state index contributed by atoms with van der Waals surface area (Å²) < 4.78 is 0. The van der Waals surface area contributed by atoms with Crippen molar-refractivity contribution in [3.05, 3.63) is 0 Å². The van der Waals surface area contributed by atoms with Crippen LogP contribution in [0.4, 0.5) is 0 Å². The van der Waals surface area contributed by atoms with E-state index in [0.717, 1.165) is 32.4 Å². The minimum absolute atomic E-state index is 0.241. The molecule has 1 saturated heterocycles. The van der Waals surface area contributed by atoms with E-state index < -0.39 is 0 Å². The maximum Gasteiger partial charge on any atom is 0.225 e. The van der Waals surface area contributed by atoms with E-state index in [4.69, 9.17) is 0 Å².